The van der Waals surface area contributed by atoms with E-state index in [-0.39, 0.29) is 18.6 Å². The molecular formula is C7H12N4O2. The lowest BCUT2D eigenvalue weighted by Crippen LogP contribution is -2.33. The van der Waals surface area contributed by atoms with Crippen molar-refractivity contribution in [2.45, 2.75) is 18.9 Å². The van der Waals surface area contributed by atoms with Gasteiger partial charge in [0.2, 0.25) is 5.91 Å². The van der Waals surface area contributed by atoms with Crippen LogP contribution in [0, 0.1) is 0 Å². The average Bonchev–Trinajstić information content (AvgIpc) is 2.64. The zero-order valence-corrected chi connectivity index (χ0v) is 7.27. The lowest BCUT2D eigenvalue weighted by Gasteiger charge is -2.09. The zero-order chi connectivity index (χ0) is 9.52. The normalized spacial score (nSPS) is 20.8. The molecule has 6 nitrogen and oxygen atoms in total. The minimum atomic E-state index is -0.256. The molecule has 1 N–H and O–H groups in total. The van der Waals surface area contributed by atoms with E-state index in [4.69, 9.17) is 10.3 Å². The number of ether oxygens (including phenoxy) is 1. The Morgan fingerprint density at radius 2 is 2.62 bits per heavy atom. The first-order valence-electron chi connectivity index (χ1n) is 4.22. The monoisotopic (exact) mass is 184 g/mol. The number of rotatable bonds is 4. The first kappa shape index (κ1) is 9.83. The van der Waals surface area contributed by atoms with E-state index in [0.29, 0.717) is 6.54 Å². The molecule has 13 heavy (non-hydrogen) atoms. The molecule has 72 valence electrons. The van der Waals surface area contributed by atoms with E-state index in [9.17, 15) is 4.79 Å². The summed E-state index contributed by atoms with van der Waals surface area (Å²) in [5, 5.41) is 5.78. The van der Waals surface area contributed by atoms with E-state index < -0.39 is 0 Å². The summed E-state index contributed by atoms with van der Waals surface area (Å²) < 4.78 is 5.29. The van der Waals surface area contributed by atoms with Crippen LogP contribution < -0.4 is 5.32 Å². The van der Waals surface area contributed by atoms with Crippen LogP contribution in [0.2, 0.25) is 0 Å². The maximum atomic E-state index is 10.9. The Balaban J connectivity index is 2.10. The van der Waals surface area contributed by atoms with Gasteiger partial charge in [0.15, 0.2) is 0 Å². The van der Waals surface area contributed by atoms with Gasteiger partial charge < -0.3 is 10.1 Å². The number of hydrogen-bond acceptors (Lipinski definition) is 3. The molecule has 6 heteroatoms. The maximum Gasteiger partial charge on any atom is 0.225 e. The highest BCUT2D eigenvalue weighted by molar-refractivity contribution is 5.78. The SMILES string of the molecule is [N-]=[N+]=NCC(=O)NCC1CCCO1. The fraction of sp³-hybridized carbons (Fsp3) is 0.857. The number of hydrogen-bond donors (Lipinski definition) is 1. The van der Waals surface area contributed by atoms with Gasteiger partial charge in [0.1, 0.15) is 6.54 Å². The van der Waals surface area contributed by atoms with Gasteiger partial charge in [-0.3, -0.25) is 4.79 Å². The van der Waals surface area contributed by atoms with Crippen LogP contribution in [-0.4, -0.2) is 31.7 Å². The van der Waals surface area contributed by atoms with Gasteiger partial charge >= 0.3 is 0 Å². The molecule has 0 radical (unpaired) electrons. The van der Waals surface area contributed by atoms with E-state index in [0.717, 1.165) is 19.4 Å². The maximum absolute atomic E-state index is 10.9. The Kier molecular flexibility index (Phi) is 4.08. The molecule has 0 aromatic rings. The third-order valence-electron chi connectivity index (χ3n) is 1.83. The van der Waals surface area contributed by atoms with Gasteiger partial charge in [-0.05, 0) is 18.4 Å². The lowest BCUT2D eigenvalue weighted by atomic mass is 10.2. The van der Waals surface area contributed by atoms with Crippen LogP contribution in [0.5, 0.6) is 0 Å². The first-order chi connectivity index (χ1) is 6.33. The van der Waals surface area contributed by atoms with Crippen molar-refractivity contribution in [3.05, 3.63) is 10.4 Å². The molecule has 0 aromatic heterocycles. The highest BCUT2D eigenvalue weighted by atomic mass is 16.5. The number of amides is 1. The predicted octanol–water partition coefficient (Wildman–Crippen LogP) is 0.592. The Labute approximate surface area is 75.9 Å². The van der Waals surface area contributed by atoms with Crippen molar-refractivity contribution in [1.29, 1.82) is 0 Å². The molecule has 0 spiro atoms. The van der Waals surface area contributed by atoms with Crippen molar-refractivity contribution in [1.82, 2.24) is 5.32 Å². The Hall–Kier alpha value is -1.26. The molecule has 1 heterocycles. The molecule has 1 unspecified atom stereocenters. The van der Waals surface area contributed by atoms with Crippen molar-refractivity contribution in [3.63, 3.8) is 0 Å². The molecule has 0 aliphatic carbocycles. The summed E-state index contributed by atoms with van der Waals surface area (Å²) in [6.07, 6.45) is 2.17. The minimum Gasteiger partial charge on any atom is -0.376 e. The van der Waals surface area contributed by atoms with Crippen LogP contribution in [0.3, 0.4) is 0 Å². The topological polar surface area (TPSA) is 87.1 Å². The fourth-order valence-corrected chi connectivity index (χ4v) is 1.18. The van der Waals surface area contributed by atoms with Gasteiger partial charge in [-0.15, -0.1) is 0 Å². The van der Waals surface area contributed by atoms with Crippen LogP contribution >= 0.6 is 0 Å². The van der Waals surface area contributed by atoms with Gasteiger partial charge in [-0.2, -0.15) is 0 Å². The molecular weight excluding hydrogens is 172 g/mol. The number of carbonyl (C=O) groups is 1. The Morgan fingerprint density at radius 3 is 3.23 bits per heavy atom. The summed E-state index contributed by atoms with van der Waals surface area (Å²) in [5.41, 5.74) is 7.95. The standard InChI is InChI=1S/C7H12N4O2/c8-11-10-5-7(12)9-4-6-2-1-3-13-6/h6H,1-5H2,(H,9,12). The van der Waals surface area contributed by atoms with Gasteiger partial charge in [0.05, 0.1) is 6.10 Å². The highest BCUT2D eigenvalue weighted by Crippen LogP contribution is 2.10. The number of nitrogens with zero attached hydrogens (tertiary/aromatic N) is 3. The van der Waals surface area contributed by atoms with Gasteiger partial charge in [0.25, 0.3) is 0 Å². The van der Waals surface area contributed by atoms with Crippen molar-refractivity contribution >= 4 is 5.91 Å². The van der Waals surface area contributed by atoms with Crippen molar-refractivity contribution in [3.8, 4) is 0 Å². The summed E-state index contributed by atoms with van der Waals surface area (Å²) in [6, 6.07) is 0. The van der Waals surface area contributed by atoms with E-state index in [1.54, 1.807) is 0 Å². The van der Waals surface area contributed by atoms with Crippen LogP contribution in [0.25, 0.3) is 10.4 Å². The Bertz CT molecular complexity index is 219. The van der Waals surface area contributed by atoms with Crippen molar-refractivity contribution < 1.29 is 9.53 Å². The Morgan fingerprint density at radius 1 is 1.77 bits per heavy atom. The highest BCUT2D eigenvalue weighted by Gasteiger charge is 2.15. The van der Waals surface area contributed by atoms with Crippen LogP contribution in [0.1, 0.15) is 12.8 Å². The third-order valence-corrected chi connectivity index (χ3v) is 1.83. The largest absolute Gasteiger partial charge is 0.376 e. The van der Waals surface area contributed by atoms with Gasteiger partial charge in [0, 0.05) is 18.1 Å². The smallest absolute Gasteiger partial charge is 0.225 e. The summed E-state index contributed by atoms with van der Waals surface area (Å²) in [7, 11) is 0. The second-order valence-electron chi connectivity index (χ2n) is 2.83. The number of carbonyl (C=O) groups excluding carboxylic acids is 1. The second kappa shape index (κ2) is 5.40. The minimum absolute atomic E-state index is 0.134. The summed E-state index contributed by atoms with van der Waals surface area (Å²) >= 11 is 0. The van der Waals surface area contributed by atoms with Gasteiger partial charge in [-0.25, -0.2) is 0 Å². The second-order valence-corrected chi connectivity index (χ2v) is 2.83. The molecule has 1 fully saturated rings. The molecule has 1 amide bonds. The molecule has 1 atom stereocenters. The number of azide groups is 1. The third kappa shape index (κ3) is 3.78. The molecule has 1 saturated heterocycles. The first-order valence-corrected chi connectivity index (χ1v) is 4.22. The van der Waals surface area contributed by atoms with Gasteiger partial charge in [-0.1, -0.05) is 5.11 Å². The van der Waals surface area contributed by atoms with E-state index >= 15 is 0 Å². The molecule has 1 rings (SSSR count). The lowest BCUT2D eigenvalue weighted by molar-refractivity contribution is -0.120. The van der Waals surface area contributed by atoms with Crippen molar-refractivity contribution in [2.24, 2.45) is 5.11 Å². The summed E-state index contributed by atoms with van der Waals surface area (Å²) in [4.78, 5) is 13.4. The van der Waals surface area contributed by atoms with Crippen molar-refractivity contribution in [2.75, 3.05) is 19.7 Å². The molecule has 1 aliphatic heterocycles. The number of nitrogens with one attached hydrogen (secondary N) is 1. The van der Waals surface area contributed by atoms with E-state index in [1.807, 2.05) is 0 Å². The van der Waals surface area contributed by atoms with Crippen LogP contribution in [-0.2, 0) is 9.53 Å². The van der Waals surface area contributed by atoms with E-state index in [1.165, 1.54) is 0 Å². The molecule has 1 aliphatic rings. The molecule has 0 saturated carbocycles. The zero-order valence-electron chi connectivity index (χ0n) is 7.27. The summed E-state index contributed by atoms with van der Waals surface area (Å²) in [5.74, 6) is -0.256. The fourth-order valence-electron chi connectivity index (χ4n) is 1.18. The van der Waals surface area contributed by atoms with Crippen LogP contribution in [0.15, 0.2) is 5.11 Å². The quantitative estimate of drug-likeness (QED) is 0.393. The summed E-state index contributed by atoms with van der Waals surface area (Å²) in [6.45, 7) is 1.15. The average molecular weight is 184 g/mol. The molecule has 0 aromatic carbocycles. The van der Waals surface area contributed by atoms with Crippen LogP contribution in [0.4, 0.5) is 0 Å². The predicted molar refractivity (Wildman–Crippen MR) is 46.0 cm³/mol. The molecule has 0 bridgehead atoms. The van der Waals surface area contributed by atoms with E-state index in [2.05, 4.69) is 15.3 Å².